The first kappa shape index (κ1) is 12.7. The lowest BCUT2D eigenvalue weighted by atomic mass is 10.4. The molecule has 0 spiro atoms. The quantitative estimate of drug-likeness (QED) is 0.655. The van der Waals surface area contributed by atoms with E-state index in [9.17, 15) is 0 Å². The fourth-order valence-electron chi connectivity index (χ4n) is 0.704. The first-order valence-electron chi connectivity index (χ1n) is 3.76. The van der Waals surface area contributed by atoms with Crippen LogP contribution in [0.15, 0.2) is 38.8 Å². The summed E-state index contributed by atoms with van der Waals surface area (Å²) in [6, 6.07) is 5.51. The van der Waals surface area contributed by atoms with E-state index in [1.165, 1.54) is 5.08 Å². The van der Waals surface area contributed by atoms with Crippen LogP contribution in [0.5, 0.6) is 0 Å². The lowest BCUT2D eigenvalue weighted by Gasteiger charge is -1.96. The topological polar surface area (TPSA) is 0 Å². The van der Waals surface area contributed by atoms with Crippen LogP contribution in [0.1, 0.15) is 0 Å². The summed E-state index contributed by atoms with van der Waals surface area (Å²) in [5, 5.41) is 6.07. The summed E-state index contributed by atoms with van der Waals surface area (Å²) in [5.41, 5.74) is 0. The largest absolute Gasteiger partial charge is 0.142 e. The summed E-state index contributed by atoms with van der Waals surface area (Å²) < 4.78 is 0. The lowest BCUT2D eigenvalue weighted by molar-refractivity contribution is 1.35. The zero-order valence-corrected chi connectivity index (χ0v) is 11.4. The predicted octanol–water partition coefficient (Wildman–Crippen LogP) is 4.81. The monoisotopic (exact) mass is 280 g/mol. The Balaban J connectivity index is 0.000000165. The molecule has 1 heterocycles. The summed E-state index contributed by atoms with van der Waals surface area (Å²) in [6.07, 6.45) is 0. The third-order valence-corrected chi connectivity index (χ3v) is 4.68. The summed E-state index contributed by atoms with van der Waals surface area (Å²) >= 11 is 17.6. The fraction of sp³-hybridized carbons (Fsp3) is 0.111. The highest BCUT2D eigenvalue weighted by Crippen LogP contribution is 2.26. The molecule has 0 unspecified atom stereocenters. The Kier molecular flexibility index (Phi) is 6.37. The van der Waals surface area contributed by atoms with Crippen molar-refractivity contribution in [2.45, 2.75) is 9.79 Å². The molecule has 76 valence electrons. The van der Waals surface area contributed by atoms with Gasteiger partial charge >= 0.3 is 0 Å². The number of hydrogen-bond donors (Lipinski definition) is 2. The van der Waals surface area contributed by atoms with Crippen LogP contribution in [0.4, 0.5) is 0 Å². The second-order valence-corrected chi connectivity index (χ2v) is 5.83. The Hall–Kier alpha value is 0.650. The van der Waals surface area contributed by atoms with E-state index >= 15 is 0 Å². The Morgan fingerprint density at radius 2 is 1.57 bits per heavy atom. The van der Waals surface area contributed by atoms with Crippen LogP contribution in [-0.2, 0) is 0 Å². The van der Waals surface area contributed by atoms with Gasteiger partial charge in [-0.2, -0.15) is 0 Å². The van der Waals surface area contributed by atoms with Gasteiger partial charge in [0.2, 0.25) is 0 Å². The zero-order valence-electron chi connectivity index (χ0n) is 7.18. The molecule has 0 aromatic heterocycles. The van der Waals surface area contributed by atoms with Crippen LogP contribution in [0.3, 0.4) is 0 Å². The van der Waals surface area contributed by atoms with E-state index in [1.807, 2.05) is 41.7 Å². The van der Waals surface area contributed by atoms with Crippen LogP contribution in [0, 0.1) is 0 Å². The van der Waals surface area contributed by atoms with Crippen LogP contribution >= 0.6 is 60.4 Å². The smallest absolute Gasteiger partial charge is 0.0672 e. The molecule has 0 amide bonds. The van der Waals surface area contributed by atoms with Gasteiger partial charge in [-0.1, -0.05) is 17.7 Å². The van der Waals surface area contributed by atoms with Gasteiger partial charge < -0.3 is 0 Å². The predicted molar refractivity (Wildman–Crippen MR) is 75.1 cm³/mol. The molecule has 14 heavy (non-hydrogen) atoms. The van der Waals surface area contributed by atoms with Crippen molar-refractivity contribution < 1.29 is 0 Å². The van der Waals surface area contributed by atoms with Crippen molar-refractivity contribution >= 4 is 60.4 Å². The third-order valence-electron chi connectivity index (χ3n) is 1.34. The van der Waals surface area contributed by atoms with Crippen molar-refractivity contribution in [3.05, 3.63) is 34.0 Å². The molecule has 0 radical (unpaired) electrons. The average Bonchev–Trinajstić information content (AvgIpc) is 2.72. The minimum atomic E-state index is 0.615. The van der Waals surface area contributed by atoms with Crippen molar-refractivity contribution in [1.82, 2.24) is 0 Å². The molecule has 2 rings (SSSR count). The summed E-state index contributed by atoms with van der Waals surface area (Å²) in [4.78, 5) is 1.54. The summed E-state index contributed by atoms with van der Waals surface area (Å²) in [7, 11) is 0. The van der Waals surface area contributed by atoms with Gasteiger partial charge in [0.25, 0.3) is 0 Å². The van der Waals surface area contributed by atoms with E-state index in [4.69, 9.17) is 11.6 Å². The fourth-order valence-corrected chi connectivity index (χ4v) is 2.90. The highest BCUT2D eigenvalue weighted by Gasteiger charge is 1.96. The van der Waals surface area contributed by atoms with Gasteiger partial charge in [-0.3, -0.25) is 0 Å². The standard InChI is InChI=1S/C6H5ClS2.C3H4S2/c7-6-4(8)2-1-3-5(6)9;1-2-5-3-4-1/h1-3,8-9H;1-2H,3H2. The highest BCUT2D eigenvalue weighted by molar-refractivity contribution is 8.21. The van der Waals surface area contributed by atoms with Gasteiger partial charge in [-0.15, -0.1) is 48.8 Å². The normalized spacial score (nSPS) is 13.6. The first-order chi connectivity index (χ1) is 6.72. The maximum atomic E-state index is 5.72. The molecule has 5 heteroatoms. The molecule has 0 N–H and O–H groups in total. The molecule has 1 aromatic rings. The van der Waals surface area contributed by atoms with Crippen molar-refractivity contribution in [3.8, 4) is 0 Å². The molecular formula is C9H9ClS4. The number of rotatable bonds is 0. The van der Waals surface area contributed by atoms with Gasteiger partial charge in [0.1, 0.15) is 0 Å². The van der Waals surface area contributed by atoms with Crippen LogP contribution < -0.4 is 0 Å². The highest BCUT2D eigenvalue weighted by atomic mass is 35.5. The van der Waals surface area contributed by atoms with Crippen molar-refractivity contribution in [2.75, 3.05) is 5.08 Å². The maximum Gasteiger partial charge on any atom is 0.0672 e. The molecule has 0 fully saturated rings. The van der Waals surface area contributed by atoms with E-state index in [0.29, 0.717) is 5.02 Å². The molecular weight excluding hydrogens is 272 g/mol. The Morgan fingerprint density at radius 3 is 1.86 bits per heavy atom. The first-order valence-corrected chi connectivity index (χ1v) is 7.13. The third kappa shape index (κ3) is 4.45. The second-order valence-electron chi connectivity index (χ2n) is 2.33. The number of thiol groups is 2. The average molecular weight is 281 g/mol. The van der Waals surface area contributed by atoms with E-state index in [0.717, 1.165) is 9.79 Å². The molecule has 1 aliphatic rings. The molecule has 0 bridgehead atoms. The minimum Gasteiger partial charge on any atom is -0.142 e. The van der Waals surface area contributed by atoms with Crippen LogP contribution in [0.2, 0.25) is 5.02 Å². The van der Waals surface area contributed by atoms with E-state index < -0.39 is 0 Å². The van der Waals surface area contributed by atoms with E-state index in [2.05, 4.69) is 36.1 Å². The van der Waals surface area contributed by atoms with Crippen LogP contribution in [-0.4, -0.2) is 5.08 Å². The number of halogens is 1. The Labute approximate surface area is 109 Å². The van der Waals surface area contributed by atoms with Gasteiger partial charge in [-0.05, 0) is 22.9 Å². The SMILES string of the molecule is C1=CSCS1.Sc1cccc(S)c1Cl. The van der Waals surface area contributed by atoms with E-state index in [1.54, 1.807) is 0 Å². The second kappa shape index (κ2) is 7.01. The maximum absolute atomic E-state index is 5.72. The molecule has 0 aliphatic carbocycles. The zero-order chi connectivity index (χ0) is 10.4. The van der Waals surface area contributed by atoms with Crippen molar-refractivity contribution in [1.29, 1.82) is 0 Å². The van der Waals surface area contributed by atoms with Gasteiger partial charge in [0.15, 0.2) is 0 Å². The van der Waals surface area contributed by atoms with Crippen molar-refractivity contribution in [3.63, 3.8) is 0 Å². The van der Waals surface area contributed by atoms with Crippen LogP contribution in [0.25, 0.3) is 0 Å². The minimum absolute atomic E-state index is 0.615. The van der Waals surface area contributed by atoms with Crippen molar-refractivity contribution in [2.24, 2.45) is 0 Å². The molecule has 0 atom stereocenters. The number of benzene rings is 1. The van der Waals surface area contributed by atoms with E-state index in [-0.39, 0.29) is 0 Å². The molecule has 0 nitrogen and oxygen atoms in total. The Bertz CT molecular complexity index is 298. The lowest BCUT2D eigenvalue weighted by Crippen LogP contribution is -1.70. The van der Waals surface area contributed by atoms with Gasteiger partial charge in [-0.25, -0.2) is 0 Å². The molecule has 1 aromatic carbocycles. The van der Waals surface area contributed by atoms with Gasteiger partial charge in [0, 0.05) is 14.9 Å². The summed E-state index contributed by atoms with van der Waals surface area (Å²) in [5.74, 6) is 0. The number of hydrogen-bond acceptors (Lipinski definition) is 4. The summed E-state index contributed by atoms with van der Waals surface area (Å²) in [6.45, 7) is 0. The molecule has 1 aliphatic heterocycles. The number of thioether (sulfide) groups is 2. The molecule has 0 saturated heterocycles. The van der Waals surface area contributed by atoms with Gasteiger partial charge in [0.05, 0.1) is 5.02 Å². The Morgan fingerprint density at radius 1 is 1.07 bits per heavy atom. The molecule has 0 saturated carbocycles.